The van der Waals surface area contributed by atoms with Crippen molar-refractivity contribution in [1.82, 2.24) is 9.80 Å². The van der Waals surface area contributed by atoms with Crippen molar-refractivity contribution in [1.29, 1.82) is 0 Å². The van der Waals surface area contributed by atoms with Crippen molar-refractivity contribution in [2.75, 3.05) is 13.1 Å². The second kappa shape index (κ2) is 8.59. The molecular weight excluding hydrogens is 320 g/mol. The summed E-state index contributed by atoms with van der Waals surface area (Å²) in [4.78, 5) is 52.4. The van der Waals surface area contributed by atoms with Gasteiger partial charge in [0.25, 0.3) is 0 Å². The van der Waals surface area contributed by atoms with Gasteiger partial charge in [-0.15, -0.1) is 0 Å². The molecule has 1 unspecified atom stereocenters. The van der Waals surface area contributed by atoms with Crippen molar-refractivity contribution in [3.8, 4) is 0 Å². The number of nitrogens with zero attached hydrogens (tertiary/aromatic N) is 2. The van der Waals surface area contributed by atoms with Crippen LogP contribution in [0, 0.1) is 5.92 Å². The monoisotopic (exact) mass is 350 g/mol. The van der Waals surface area contributed by atoms with E-state index < -0.39 is 6.04 Å². The molecule has 0 aromatic carbocycles. The largest absolute Gasteiger partial charge is 0.331 e. The number of ketones is 2. The fraction of sp³-hybridized carbons (Fsp3) is 0.789. The zero-order chi connectivity index (χ0) is 18.6. The highest BCUT2D eigenvalue weighted by Gasteiger charge is 2.41. The molecule has 2 aliphatic rings. The summed E-state index contributed by atoms with van der Waals surface area (Å²) in [6.45, 7) is 6.51. The molecule has 3 atom stereocenters. The molecule has 140 valence electrons. The van der Waals surface area contributed by atoms with Crippen LogP contribution in [-0.4, -0.2) is 58.4 Å². The number of rotatable bonds is 7. The van der Waals surface area contributed by atoms with E-state index in [0.29, 0.717) is 25.9 Å². The maximum Gasteiger partial charge on any atom is 0.245 e. The molecule has 0 N–H and O–H groups in total. The molecule has 25 heavy (non-hydrogen) atoms. The fourth-order valence-electron chi connectivity index (χ4n) is 3.81. The smallest absolute Gasteiger partial charge is 0.245 e. The van der Waals surface area contributed by atoms with Gasteiger partial charge in [-0.2, -0.15) is 0 Å². The van der Waals surface area contributed by atoms with Crippen molar-refractivity contribution in [3.05, 3.63) is 0 Å². The normalized spacial score (nSPS) is 24.4. The quantitative estimate of drug-likeness (QED) is 0.703. The minimum atomic E-state index is -0.467. The number of hydrogen-bond acceptors (Lipinski definition) is 4. The average Bonchev–Trinajstić information content (AvgIpc) is 3.26. The van der Waals surface area contributed by atoms with E-state index in [-0.39, 0.29) is 48.2 Å². The van der Waals surface area contributed by atoms with Crippen molar-refractivity contribution in [3.63, 3.8) is 0 Å². The molecule has 6 nitrogen and oxygen atoms in total. The molecule has 2 heterocycles. The highest BCUT2D eigenvalue weighted by molar-refractivity contribution is 5.93. The number of Topliss-reactive ketones (excluding diaryl/α,β-unsaturated/α-hetero) is 2. The molecule has 0 radical (unpaired) electrons. The molecule has 0 bridgehead atoms. The van der Waals surface area contributed by atoms with E-state index in [1.807, 2.05) is 13.8 Å². The van der Waals surface area contributed by atoms with E-state index >= 15 is 0 Å². The molecule has 0 spiro atoms. The van der Waals surface area contributed by atoms with Gasteiger partial charge < -0.3 is 9.80 Å². The van der Waals surface area contributed by atoms with Crippen LogP contribution in [0.2, 0.25) is 0 Å². The van der Waals surface area contributed by atoms with E-state index in [9.17, 15) is 19.2 Å². The molecular formula is C19H30N2O4. The Morgan fingerprint density at radius 1 is 0.960 bits per heavy atom. The van der Waals surface area contributed by atoms with E-state index in [1.165, 1.54) is 6.92 Å². The van der Waals surface area contributed by atoms with Crippen LogP contribution in [0.5, 0.6) is 0 Å². The van der Waals surface area contributed by atoms with Crippen LogP contribution >= 0.6 is 0 Å². The molecule has 2 amide bonds. The summed E-state index contributed by atoms with van der Waals surface area (Å²) in [6, 6.07) is -0.803. The maximum absolute atomic E-state index is 12.9. The van der Waals surface area contributed by atoms with Crippen LogP contribution in [-0.2, 0) is 19.2 Å². The van der Waals surface area contributed by atoms with Crippen LogP contribution in [0.3, 0.4) is 0 Å². The summed E-state index contributed by atoms with van der Waals surface area (Å²) in [5, 5.41) is 0. The second-order valence-electron chi connectivity index (χ2n) is 7.32. The Balaban J connectivity index is 1.97. The van der Waals surface area contributed by atoms with E-state index in [2.05, 4.69) is 0 Å². The number of carbonyl (C=O) groups is 4. The second-order valence-corrected chi connectivity index (χ2v) is 7.32. The summed E-state index contributed by atoms with van der Waals surface area (Å²) in [5.41, 5.74) is 0. The Bertz CT molecular complexity index is 546. The number of hydrogen-bond donors (Lipinski definition) is 0. The van der Waals surface area contributed by atoms with Gasteiger partial charge in [-0.25, -0.2) is 0 Å². The van der Waals surface area contributed by atoms with Gasteiger partial charge in [-0.1, -0.05) is 13.8 Å². The Hall–Kier alpha value is -1.72. The highest BCUT2D eigenvalue weighted by Crippen LogP contribution is 2.26. The van der Waals surface area contributed by atoms with Gasteiger partial charge in [0.1, 0.15) is 11.8 Å². The third-order valence-corrected chi connectivity index (χ3v) is 5.61. The molecule has 2 saturated heterocycles. The van der Waals surface area contributed by atoms with Gasteiger partial charge in [0, 0.05) is 31.8 Å². The maximum atomic E-state index is 12.9. The fourth-order valence-corrected chi connectivity index (χ4v) is 3.81. The van der Waals surface area contributed by atoms with Crippen molar-refractivity contribution in [2.24, 2.45) is 5.92 Å². The van der Waals surface area contributed by atoms with Crippen LogP contribution in [0.1, 0.15) is 65.7 Å². The van der Waals surface area contributed by atoms with Gasteiger partial charge >= 0.3 is 0 Å². The molecule has 0 aliphatic carbocycles. The lowest BCUT2D eigenvalue weighted by Crippen LogP contribution is -2.50. The van der Waals surface area contributed by atoms with E-state index in [0.717, 1.165) is 19.3 Å². The first kappa shape index (κ1) is 19.6. The first-order valence-electron chi connectivity index (χ1n) is 9.49. The predicted octanol–water partition coefficient (Wildman–Crippen LogP) is 1.95. The van der Waals surface area contributed by atoms with Crippen LogP contribution in [0.25, 0.3) is 0 Å². The summed E-state index contributed by atoms with van der Waals surface area (Å²) < 4.78 is 0. The Morgan fingerprint density at radius 3 is 2.16 bits per heavy atom. The SMILES string of the molecule is CCC(C)C(=O)CCC(=O)N1CCC[C@H]1C(=O)N1CCC[C@H]1C(C)=O. The number of amides is 2. The molecule has 2 fully saturated rings. The van der Waals surface area contributed by atoms with Gasteiger partial charge in [-0.3, -0.25) is 19.2 Å². The van der Waals surface area contributed by atoms with E-state index in [4.69, 9.17) is 0 Å². The topological polar surface area (TPSA) is 74.8 Å². The predicted molar refractivity (Wildman–Crippen MR) is 93.8 cm³/mol. The van der Waals surface area contributed by atoms with Crippen molar-refractivity contribution < 1.29 is 19.2 Å². The summed E-state index contributed by atoms with van der Waals surface area (Å²) >= 11 is 0. The zero-order valence-electron chi connectivity index (χ0n) is 15.6. The van der Waals surface area contributed by atoms with Crippen molar-refractivity contribution in [2.45, 2.75) is 77.8 Å². The first-order valence-corrected chi connectivity index (χ1v) is 9.49. The van der Waals surface area contributed by atoms with Crippen LogP contribution in [0.4, 0.5) is 0 Å². The lowest BCUT2D eigenvalue weighted by molar-refractivity contribution is -0.146. The minimum absolute atomic E-state index is 0.0147. The molecule has 2 rings (SSSR count). The first-order chi connectivity index (χ1) is 11.9. The van der Waals surface area contributed by atoms with Gasteiger partial charge in [-0.05, 0) is 39.0 Å². The third kappa shape index (κ3) is 4.47. The molecule has 0 saturated carbocycles. The summed E-state index contributed by atoms with van der Waals surface area (Å²) in [7, 11) is 0. The zero-order valence-corrected chi connectivity index (χ0v) is 15.6. The molecule has 0 aromatic heterocycles. The van der Waals surface area contributed by atoms with Crippen molar-refractivity contribution >= 4 is 23.4 Å². The number of carbonyl (C=O) groups excluding carboxylic acids is 4. The summed E-state index contributed by atoms with van der Waals surface area (Å²) in [5.74, 6) is -0.123. The average molecular weight is 350 g/mol. The standard InChI is InChI=1S/C19H30N2O4/c1-4-13(2)17(23)9-10-18(24)20-11-6-8-16(20)19(25)21-12-5-7-15(21)14(3)22/h13,15-16H,4-12H2,1-3H3/t13?,15-,16-/m0/s1. The summed E-state index contributed by atoms with van der Waals surface area (Å²) in [6.07, 6.45) is 4.17. The van der Waals surface area contributed by atoms with Gasteiger partial charge in [0.05, 0.1) is 6.04 Å². The number of likely N-dealkylation sites (tertiary alicyclic amines) is 2. The minimum Gasteiger partial charge on any atom is -0.331 e. The third-order valence-electron chi connectivity index (χ3n) is 5.61. The van der Waals surface area contributed by atoms with Gasteiger partial charge in [0.2, 0.25) is 11.8 Å². The lowest BCUT2D eigenvalue weighted by atomic mass is 9.99. The van der Waals surface area contributed by atoms with Crippen LogP contribution in [0.15, 0.2) is 0 Å². The lowest BCUT2D eigenvalue weighted by Gasteiger charge is -2.30. The Labute approximate surface area is 149 Å². The molecule has 0 aromatic rings. The molecule has 6 heteroatoms. The van der Waals surface area contributed by atoms with E-state index in [1.54, 1.807) is 9.80 Å². The molecule has 2 aliphatic heterocycles. The van der Waals surface area contributed by atoms with Crippen LogP contribution < -0.4 is 0 Å². The Kier molecular flexibility index (Phi) is 6.73. The highest BCUT2D eigenvalue weighted by atomic mass is 16.2. The van der Waals surface area contributed by atoms with Gasteiger partial charge in [0.15, 0.2) is 5.78 Å². The Morgan fingerprint density at radius 2 is 1.56 bits per heavy atom.